The standard InChI is InChI=1S/C44H42O6S2/c1-3-49-41(43(45)46)31-35-17-25-39(26-18-35)51-29-9-5-7-11-33-13-21-37(22-14-33)38-23-15-34(16-24-38)12-8-6-10-30-52-40-27-19-36(20-28-40)32-42(44(47)48)50-4-2/h5-6,9-10,13-28,41-42H,3-4,29-32H2,1-2H3,(H,45,46)(H,47,48). The van der Waals surface area contributed by atoms with Crippen LogP contribution in [-0.4, -0.2) is 59.1 Å². The van der Waals surface area contributed by atoms with Gasteiger partial charge < -0.3 is 19.7 Å². The SMILES string of the molecule is CCOC(Cc1ccc(SCC=CC#Cc2ccc(-c3ccc(C#CC=CCSc4ccc(CC(OCC)C(=O)O)cc4)cc3)cc2)cc1)C(=O)O. The molecule has 0 amide bonds. The van der Waals surface area contributed by atoms with E-state index in [0.717, 1.165) is 54.7 Å². The maximum atomic E-state index is 11.3. The van der Waals surface area contributed by atoms with Crippen molar-refractivity contribution in [3.05, 3.63) is 144 Å². The third kappa shape index (κ3) is 14.0. The van der Waals surface area contributed by atoms with E-state index >= 15 is 0 Å². The maximum absolute atomic E-state index is 11.3. The van der Waals surface area contributed by atoms with E-state index in [9.17, 15) is 19.8 Å². The fourth-order valence-corrected chi connectivity index (χ4v) is 6.38. The average molecular weight is 731 g/mol. The van der Waals surface area contributed by atoms with Gasteiger partial charge in [-0.05, 0) is 96.8 Å². The monoisotopic (exact) mass is 730 g/mol. The maximum Gasteiger partial charge on any atom is 0.333 e. The number of carboxylic acids is 2. The van der Waals surface area contributed by atoms with Gasteiger partial charge in [-0.25, -0.2) is 9.59 Å². The molecule has 266 valence electrons. The van der Waals surface area contributed by atoms with Gasteiger partial charge in [-0.3, -0.25) is 0 Å². The molecular weight excluding hydrogens is 689 g/mol. The first-order chi connectivity index (χ1) is 25.3. The molecule has 2 N–H and O–H groups in total. The number of rotatable bonds is 17. The van der Waals surface area contributed by atoms with Gasteiger partial charge in [0.2, 0.25) is 0 Å². The molecule has 0 aliphatic heterocycles. The third-order valence-electron chi connectivity index (χ3n) is 7.61. The molecule has 4 rings (SSSR count). The lowest BCUT2D eigenvalue weighted by molar-refractivity contribution is -0.150. The number of carbonyl (C=O) groups is 2. The molecule has 6 nitrogen and oxygen atoms in total. The number of aliphatic carboxylic acids is 2. The molecule has 2 atom stereocenters. The molecular formula is C44H42O6S2. The summed E-state index contributed by atoms with van der Waals surface area (Å²) in [5.74, 6) is 12.3. The first-order valence-corrected chi connectivity index (χ1v) is 19.0. The molecule has 0 saturated carbocycles. The van der Waals surface area contributed by atoms with Crippen molar-refractivity contribution in [2.45, 2.75) is 48.7 Å². The zero-order chi connectivity index (χ0) is 37.0. The van der Waals surface area contributed by atoms with Crippen molar-refractivity contribution < 1.29 is 29.3 Å². The van der Waals surface area contributed by atoms with Crippen LogP contribution in [0.4, 0.5) is 0 Å². The summed E-state index contributed by atoms with van der Waals surface area (Å²) in [5, 5.41) is 18.5. The highest BCUT2D eigenvalue weighted by Gasteiger charge is 2.18. The summed E-state index contributed by atoms with van der Waals surface area (Å²) in [4.78, 5) is 24.8. The molecule has 4 aromatic carbocycles. The lowest BCUT2D eigenvalue weighted by Gasteiger charge is -2.12. The Balaban J connectivity index is 1.17. The number of thioether (sulfide) groups is 2. The fourth-order valence-electron chi connectivity index (χ4n) is 4.95. The average Bonchev–Trinajstić information content (AvgIpc) is 3.15. The van der Waals surface area contributed by atoms with Gasteiger partial charge in [0, 0.05) is 58.5 Å². The van der Waals surface area contributed by atoms with E-state index in [4.69, 9.17) is 9.47 Å². The van der Waals surface area contributed by atoms with Crippen LogP contribution in [0.3, 0.4) is 0 Å². The largest absolute Gasteiger partial charge is 0.479 e. The quantitative estimate of drug-likeness (QED) is 0.0823. The van der Waals surface area contributed by atoms with Crippen molar-refractivity contribution in [3.8, 4) is 34.8 Å². The smallest absolute Gasteiger partial charge is 0.333 e. The summed E-state index contributed by atoms with van der Waals surface area (Å²) in [6.07, 6.45) is 6.85. The van der Waals surface area contributed by atoms with Crippen LogP contribution in [0.1, 0.15) is 36.1 Å². The first-order valence-electron chi connectivity index (χ1n) is 17.0. The van der Waals surface area contributed by atoms with Crippen LogP contribution in [0.15, 0.2) is 131 Å². The Morgan fingerprint density at radius 2 is 0.962 bits per heavy atom. The Hall–Kier alpha value is -4.96. The molecule has 0 spiro atoms. The summed E-state index contributed by atoms with van der Waals surface area (Å²) < 4.78 is 10.6. The molecule has 4 aromatic rings. The van der Waals surface area contributed by atoms with E-state index in [1.807, 2.05) is 97.1 Å². The zero-order valence-electron chi connectivity index (χ0n) is 29.3. The summed E-state index contributed by atoms with van der Waals surface area (Å²) in [6.45, 7) is 4.33. The van der Waals surface area contributed by atoms with Gasteiger partial charge in [-0.15, -0.1) is 23.5 Å². The van der Waals surface area contributed by atoms with Crippen LogP contribution < -0.4 is 0 Å². The lowest BCUT2D eigenvalue weighted by Crippen LogP contribution is -2.26. The molecule has 0 radical (unpaired) electrons. The van der Waals surface area contributed by atoms with Crippen LogP contribution >= 0.6 is 23.5 Å². The number of benzene rings is 4. The van der Waals surface area contributed by atoms with Crippen molar-refractivity contribution >= 4 is 35.5 Å². The van der Waals surface area contributed by atoms with Gasteiger partial charge in [0.1, 0.15) is 0 Å². The fraction of sp³-hybridized carbons (Fsp3) is 0.227. The van der Waals surface area contributed by atoms with E-state index in [-0.39, 0.29) is 0 Å². The summed E-state index contributed by atoms with van der Waals surface area (Å²) >= 11 is 3.38. The minimum absolute atomic E-state index is 0.350. The van der Waals surface area contributed by atoms with Gasteiger partial charge in [-0.2, -0.15) is 0 Å². The summed E-state index contributed by atoms with van der Waals surface area (Å²) in [7, 11) is 0. The highest BCUT2D eigenvalue weighted by atomic mass is 32.2. The van der Waals surface area contributed by atoms with Gasteiger partial charge in [0.05, 0.1) is 0 Å². The van der Waals surface area contributed by atoms with Gasteiger partial charge in [-0.1, -0.05) is 84.4 Å². The Morgan fingerprint density at radius 3 is 1.29 bits per heavy atom. The molecule has 0 saturated heterocycles. The molecule has 2 unspecified atom stereocenters. The van der Waals surface area contributed by atoms with Crippen molar-refractivity contribution in [1.82, 2.24) is 0 Å². The van der Waals surface area contributed by atoms with Gasteiger partial charge >= 0.3 is 11.9 Å². The van der Waals surface area contributed by atoms with Crippen molar-refractivity contribution in [2.24, 2.45) is 0 Å². The van der Waals surface area contributed by atoms with Crippen LogP contribution in [0, 0.1) is 23.7 Å². The molecule has 52 heavy (non-hydrogen) atoms. The zero-order valence-corrected chi connectivity index (χ0v) is 30.9. The molecule has 0 aliphatic carbocycles. The number of hydrogen-bond acceptors (Lipinski definition) is 6. The highest BCUT2D eigenvalue weighted by molar-refractivity contribution is 7.99. The number of allylic oxidation sites excluding steroid dienone is 2. The second-order valence-corrected chi connectivity index (χ2v) is 13.6. The Kier molecular flexibility index (Phi) is 16.9. The number of carboxylic acid groups (broad SMARTS) is 2. The summed E-state index contributed by atoms with van der Waals surface area (Å²) in [6, 6.07) is 32.2. The normalized spacial score (nSPS) is 12.1. The minimum atomic E-state index is -0.941. The topological polar surface area (TPSA) is 93.1 Å². The molecule has 0 heterocycles. The highest BCUT2D eigenvalue weighted by Crippen LogP contribution is 2.22. The van der Waals surface area contributed by atoms with E-state index < -0.39 is 24.1 Å². The second-order valence-electron chi connectivity index (χ2n) is 11.4. The van der Waals surface area contributed by atoms with Crippen LogP contribution in [0.5, 0.6) is 0 Å². The Bertz CT molecular complexity index is 1770. The third-order valence-corrected chi connectivity index (χ3v) is 9.54. The number of hydrogen-bond donors (Lipinski definition) is 2. The van der Waals surface area contributed by atoms with E-state index in [0.29, 0.717) is 26.1 Å². The molecule has 0 aliphatic rings. The predicted octanol–water partition coefficient (Wildman–Crippen LogP) is 8.82. The second kappa shape index (κ2) is 22.1. The Morgan fingerprint density at radius 1 is 0.596 bits per heavy atom. The van der Waals surface area contributed by atoms with Gasteiger partial charge in [0.15, 0.2) is 12.2 Å². The van der Waals surface area contributed by atoms with E-state index in [1.165, 1.54) is 0 Å². The van der Waals surface area contributed by atoms with Crippen LogP contribution in [0.2, 0.25) is 0 Å². The molecule has 0 bridgehead atoms. The van der Waals surface area contributed by atoms with E-state index in [2.05, 4.69) is 47.9 Å². The van der Waals surface area contributed by atoms with E-state index in [1.54, 1.807) is 37.4 Å². The molecule has 0 fully saturated rings. The van der Waals surface area contributed by atoms with Crippen molar-refractivity contribution in [1.29, 1.82) is 0 Å². The molecule has 0 aromatic heterocycles. The summed E-state index contributed by atoms with van der Waals surface area (Å²) in [5.41, 5.74) is 5.98. The van der Waals surface area contributed by atoms with Crippen molar-refractivity contribution in [3.63, 3.8) is 0 Å². The lowest BCUT2D eigenvalue weighted by atomic mass is 10.0. The Labute approximate surface area is 315 Å². The predicted molar refractivity (Wildman–Crippen MR) is 212 cm³/mol. The van der Waals surface area contributed by atoms with Gasteiger partial charge in [0.25, 0.3) is 0 Å². The van der Waals surface area contributed by atoms with Crippen LogP contribution in [-0.2, 0) is 31.9 Å². The first kappa shape index (κ1) is 39.8. The number of ether oxygens (including phenoxy) is 2. The van der Waals surface area contributed by atoms with Crippen molar-refractivity contribution in [2.75, 3.05) is 24.7 Å². The molecule has 8 heteroatoms. The van der Waals surface area contributed by atoms with Crippen LogP contribution in [0.25, 0.3) is 11.1 Å². The minimum Gasteiger partial charge on any atom is -0.479 e.